The van der Waals surface area contributed by atoms with Gasteiger partial charge in [0.15, 0.2) is 0 Å². The first-order chi connectivity index (χ1) is 12.1. The molecule has 0 unspecified atom stereocenters. The molecule has 7 nitrogen and oxygen atoms in total. The summed E-state index contributed by atoms with van der Waals surface area (Å²) in [5.74, 6) is 0. The Kier molecular flexibility index (Phi) is 4.01. The molecule has 7 heteroatoms. The van der Waals surface area contributed by atoms with Crippen molar-refractivity contribution in [2.75, 3.05) is 11.4 Å². The molecule has 1 aliphatic heterocycles. The van der Waals surface area contributed by atoms with Crippen molar-refractivity contribution in [3.63, 3.8) is 0 Å². The SMILES string of the molecule is Cc1cc(N2CCCn3nc([C@@H](O)c4ccnn4C)cc3C2)ccn1. The van der Waals surface area contributed by atoms with Gasteiger partial charge in [-0.3, -0.25) is 14.3 Å². The first-order valence-electron chi connectivity index (χ1n) is 8.52. The number of anilines is 1. The van der Waals surface area contributed by atoms with Crippen molar-refractivity contribution < 1.29 is 5.11 Å². The number of rotatable bonds is 3. The van der Waals surface area contributed by atoms with E-state index in [-0.39, 0.29) is 0 Å². The molecule has 4 rings (SSSR count). The average Bonchev–Trinajstić information content (AvgIpc) is 3.15. The van der Waals surface area contributed by atoms with Crippen molar-refractivity contribution >= 4 is 5.69 Å². The number of aromatic nitrogens is 5. The molecule has 130 valence electrons. The first kappa shape index (κ1) is 15.8. The molecule has 1 N–H and O–H groups in total. The molecule has 0 aromatic carbocycles. The Morgan fingerprint density at radius 2 is 2.04 bits per heavy atom. The fourth-order valence-electron chi connectivity index (χ4n) is 3.37. The second-order valence-corrected chi connectivity index (χ2v) is 6.50. The lowest BCUT2D eigenvalue weighted by Crippen LogP contribution is -2.22. The Morgan fingerprint density at radius 1 is 1.16 bits per heavy atom. The number of fused-ring (bicyclic) bond motifs is 1. The Labute approximate surface area is 146 Å². The fraction of sp³-hybridized carbons (Fsp3) is 0.389. The molecular formula is C18H22N6O. The molecule has 1 aliphatic rings. The molecule has 3 aromatic heterocycles. The maximum absolute atomic E-state index is 10.6. The minimum absolute atomic E-state index is 0.673. The highest BCUT2D eigenvalue weighted by Gasteiger charge is 2.22. The number of hydrogen-bond donors (Lipinski definition) is 1. The lowest BCUT2D eigenvalue weighted by Gasteiger charge is -2.22. The van der Waals surface area contributed by atoms with Crippen molar-refractivity contribution in [1.29, 1.82) is 0 Å². The van der Waals surface area contributed by atoms with Gasteiger partial charge in [0.2, 0.25) is 0 Å². The maximum atomic E-state index is 10.6. The topological polar surface area (TPSA) is 72.0 Å². The molecule has 0 radical (unpaired) electrons. The summed E-state index contributed by atoms with van der Waals surface area (Å²) in [7, 11) is 1.83. The maximum Gasteiger partial charge on any atom is 0.139 e. The lowest BCUT2D eigenvalue weighted by molar-refractivity contribution is 0.203. The third kappa shape index (κ3) is 3.02. The van der Waals surface area contributed by atoms with Crippen molar-refractivity contribution in [2.45, 2.75) is 32.5 Å². The van der Waals surface area contributed by atoms with Gasteiger partial charge < -0.3 is 10.0 Å². The number of aliphatic hydroxyl groups excluding tert-OH is 1. The highest BCUT2D eigenvalue weighted by molar-refractivity contribution is 5.47. The minimum Gasteiger partial charge on any atom is -0.380 e. The van der Waals surface area contributed by atoms with Crippen LogP contribution >= 0.6 is 0 Å². The van der Waals surface area contributed by atoms with Gasteiger partial charge in [0.05, 0.1) is 23.6 Å². The number of pyridine rings is 1. The van der Waals surface area contributed by atoms with E-state index >= 15 is 0 Å². The molecule has 4 heterocycles. The fourth-order valence-corrected chi connectivity index (χ4v) is 3.37. The standard InChI is InChI=1S/C18H22N6O/c1-13-10-14(4-6-19-13)23-8-3-9-24-15(12-23)11-16(21-24)18(25)17-5-7-20-22(17)2/h4-7,10-11,18,25H,3,8-9,12H2,1-2H3/t18-/m1/s1. The van der Waals surface area contributed by atoms with E-state index in [4.69, 9.17) is 0 Å². The summed E-state index contributed by atoms with van der Waals surface area (Å²) in [6.07, 6.45) is 3.79. The largest absolute Gasteiger partial charge is 0.380 e. The van der Waals surface area contributed by atoms with Crippen LogP contribution in [0.25, 0.3) is 0 Å². The summed E-state index contributed by atoms with van der Waals surface area (Å²) in [5, 5.41) is 19.4. The van der Waals surface area contributed by atoms with Gasteiger partial charge in [0.25, 0.3) is 0 Å². The number of aliphatic hydroxyl groups is 1. The van der Waals surface area contributed by atoms with E-state index in [1.54, 1.807) is 10.9 Å². The summed E-state index contributed by atoms with van der Waals surface area (Å²) in [5.41, 5.74) is 4.72. The Bertz CT molecular complexity index is 883. The molecule has 25 heavy (non-hydrogen) atoms. The van der Waals surface area contributed by atoms with Crippen LogP contribution in [-0.2, 0) is 20.1 Å². The Hall–Kier alpha value is -2.67. The van der Waals surface area contributed by atoms with Gasteiger partial charge in [-0.05, 0) is 37.6 Å². The highest BCUT2D eigenvalue weighted by atomic mass is 16.3. The van der Waals surface area contributed by atoms with E-state index < -0.39 is 6.10 Å². The highest BCUT2D eigenvalue weighted by Crippen LogP contribution is 2.25. The van der Waals surface area contributed by atoms with Crippen LogP contribution in [0.2, 0.25) is 0 Å². The van der Waals surface area contributed by atoms with Crippen LogP contribution in [-0.4, -0.2) is 36.2 Å². The van der Waals surface area contributed by atoms with Crippen LogP contribution in [0.1, 0.15) is 35.3 Å². The molecule has 0 saturated carbocycles. The molecule has 0 spiro atoms. The third-order valence-electron chi connectivity index (χ3n) is 4.70. The minimum atomic E-state index is -0.761. The van der Waals surface area contributed by atoms with E-state index in [2.05, 4.69) is 26.1 Å². The summed E-state index contributed by atoms with van der Waals surface area (Å²) in [6.45, 7) is 4.61. The predicted molar refractivity (Wildman–Crippen MR) is 94.1 cm³/mol. The van der Waals surface area contributed by atoms with Crippen LogP contribution < -0.4 is 4.90 Å². The quantitative estimate of drug-likeness (QED) is 0.789. The van der Waals surface area contributed by atoms with Gasteiger partial charge in [-0.2, -0.15) is 10.2 Å². The molecule has 0 fully saturated rings. The van der Waals surface area contributed by atoms with Crippen molar-refractivity contribution in [1.82, 2.24) is 24.5 Å². The van der Waals surface area contributed by atoms with Crippen molar-refractivity contribution in [2.24, 2.45) is 7.05 Å². The average molecular weight is 338 g/mol. The molecule has 1 atom stereocenters. The number of hydrogen-bond acceptors (Lipinski definition) is 5. The second kappa shape index (κ2) is 6.33. The first-order valence-corrected chi connectivity index (χ1v) is 8.52. The monoisotopic (exact) mass is 338 g/mol. The van der Waals surface area contributed by atoms with Crippen LogP contribution in [0, 0.1) is 6.92 Å². The van der Waals surface area contributed by atoms with Crippen molar-refractivity contribution in [3.8, 4) is 0 Å². The zero-order valence-electron chi connectivity index (χ0n) is 14.5. The van der Waals surface area contributed by atoms with Crippen LogP contribution in [0.3, 0.4) is 0 Å². The summed E-state index contributed by atoms with van der Waals surface area (Å²) >= 11 is 0. The van der Waals surface area contributed by atoms with E-state index in [9.17, 15) is 5.11 Å². The van der Waals surface area contributed by atoms with Crippen molar-refractivity contribution in [3.05, 3.63) is 59.4 Å². The summed E-state index contributed by atoms with van der Waals surface area (Å²) in [6, 6.07) is 7.98. The number of aryl methyl sites for hydroxylation is 3. The summed E-state index contributed by atoms with van der Waals surface area (Å²) < 4.78 is 3.70. The summed E-state index contributed by atoms with van der Waals surface area (Å²) in [4.78, 5) is 6.62. The van der Waals surface area contributed by atoms with Gasteiger partial charge >= 0.3 is 0 Å². The lowest BCUT2D eigenvalue weighted by atomic mass is 10.1. The van der Waals surface area contributed by atoms with E-state index in [1.165, 1.54) is 5.69 Å². The van der Waals surface area contributed by atoms with E-state index in [0.717, 1.165) is 43.1 Å². The molecular weight excluding hydrogens is 316 g/mol. The van der Waals surface area contributed by atoms with E-state index in [1.807, 2.05) is 43.0 Å². The zero-order chi connectivity index (χ0) is 17.4. The second-order valence-electron chi connectivity index (χ2n) is 6.50. The smallest absolute Gasteiger partial charge is 0.139 e. The van der Waals surface area contributed by atoms with Gasteiger partial charge in [0, 0.05) is 43.9 Å². The molecule has 0 bridgehead atoms. The third-order valence-corrected chi connectivity index (χ3v) is 4.70. The zero-order valence-corrected chi connectivity index (χ0v) is 14.5. The Morgan fingerprint density at radius 3 is 2.80 bits per heavy atom. The molecule has 0 aliphatic carbocycles. The normalized spacial score (nSPS) is 15.7. The van der Waals surface area contributed by atoms with Crippen LogP contribution in [0.4, 0.5) is 5.69 Å². The van der Waals surface area contributed by atoms with Gasteiger partial charge in [-0.25, -0.2) is 0 Å². The van der Waals surface area contributed by atoms with Gasteiger partial charge in [-0.1, -0.05) is 0 Å². The van der Waals surface area contributed by atoms with Gasteiger partial charge in [0.1, 0.15) is 6.10 Å². The Balaban J connectivity index is 1.62. The van der Waals surface area contributed by atoms with Gasteiger partial charge in [-0.15, -0.1) is 0 Å². The van der Waals surface area contributed by atoms with E-state index in [0.29, 0.717) is 5.69 Å². The number of nitrogens with zero attached hydrogens (tertiary/aromatic N) is 6. The molecule has 3 aromatic rings. The molecule has 0 saturated heterocycles. The van der Waals surface area contributed by atoms with Crippen LogP contribution in [0.15, 0.2) is 36.7 Å². The van der Waals surface area contributed by atoms with Crippen LogP contribution in [0.5, 0.6) is 0 Å². The molecule has 0 amide bonds. The predicted octanol–water partition coefficient (Wildman–Crippen LogP) is 1.81.